The van der Waals surface area contributed by atoms with Gasteiger partial charge in [0, 0.05) is 18.8 Å². The first kappa shape index (κ1) is 8.70. The minimum atomic E-state index is 0.483. The molecule has 2 heteroatoms. The van der Waals surface area contributed by atoms with Crippen LogP contribution in [0.5, 0.6) is 0 Å². The number of nitrogens with zero attached hydrogens (tertiary/aromatic N) is 2. The molecule has 0 aliphatic carbocycles. The van der Waals surface area contributed by atoms with Crippen LogP contribution in [0.25, 0.3) is 0 Å². The van der Waals surface area contributed by atoms with Crippen molar-refractivity contribution in [3.05, 3.63) is 29.6 Å². The third-order valence-corrected chi connectivity index (χ3v) is 2.84. The molecule has 70 valence electrons. The van der Waals surface area contributed by atoms with Gasteiger partial charge in [-0.15, -0.1) is 0 Å². The van der Waals surface area contributed by atoms with Crippen LogP contribution in [-0.4, -0.2) is 15.9 Å². The summed E-state index contributed by atoms with van der Waals surface area (Å²) >= 11 is 0. The van der Waals surface area contributed by atoms with Crippen molar-refractivity contribution >= 4 is 0 Å². The van der Waals surface area contributed by atoms with Gasteiger partial charge in [-0.3, -0.25) is 9.88 Å². The van der Waals surface area contributed by atoms with E-state index in [0.29, 0.717) is 12.1 Å². The summed E-state index contributed by atoms with van der Waals surface area (Å²) in [6, 6.07) is 5.29. The Balaban J connectivity index is 2.32. The van der Waals surface area contributed by atoms with E-state index in [-0.39, 0.29) is 0 Å². The van der Waals surface area contributed by atoms with Gasteiger partial charge in [0.05, 0.1) is 11.7 Å². The molecule has 2 heterocycles. The van der Waals surface area contributed by atoms with E-state index in [2.05, 4.69) is 36.7 Å². The van der Waals surface area contributed by atoms with Crippen LogP contribution in [0.3, 0.4) is 0 Å². The van der Waals surface area contributed by atoms with Crippen molar-refractivity contribution in [2.45, 2.75) is 39.4 Å². The molecule has 0 bridgehead atoms. The second-order valence-corrected chi connectivity index (χ2v) is 3.99. The molecule has 1 atom stereocenters. The lowest BCUT2D eigenvalue weighted by Gasteiger charge is -2.24. The van der Waals surface area contributed by atoms with Crippen molar-refractivity contribution in [2.24, 2.45) is 0 Å². The average molecular weight is 176 g/mol. The third kappa shape index (κ3) is 1.35. The number of rotatable bonds is 1. The smallest absolute Gasteiger partial charge is 0.0617 e. The van der Waals surface area contributed by atoms with E-state index in [4.69, 9.17) is 0 Å². The van der Waals surface area contributed by atoms with Crippen LogP contribution in [0, 0.1) is 0 Å². The zero-order valence-electron chi connectivity index (χ0n) is 8.49. The molecule has 2 nitrogen and oxygen atoms in total. The lowest BCUT2D eigenvalue weighted by Crippen LogP contribution is -2.27. The number of aromatic nitrogens is 1. The average Bonchev–Trinajstić information content (AvgIpc) is 2.45. The number of pyridine rings is 1. The van der Waals surface area contributed by atoms with E-state index < -0.39 is 0 Å². The Morgan fingerprint density at radius 1 is 1.54 bits per heavy atom. The van der Waals surface area contributed by atoms with Gasteiger partial charge in [-0.2, -0.15) is 0 Å². The van der Waals surface area contributed by atoms with Gasteiger partial charge in [0.15, 0.2) is 0 Å². The highest BCUT2D eigenvalue weighted by Crippen LogP contribution is 2.32. The van der Waals surface area contributed by atoms with Crippen LogP contribution >= 0.6 is 0 Å². The molecular formula is C11H16N2. The summed E-state index contributed by atoms with van der Waals surface area (Å²) in [5, 5.41) is 0. The Morgan fingerprint density at radius 3 is 2.92 bits per heavy atom. The van der Waals surface area contributed by atoms with Crippen molar-refractivity contribution < 1.29 is 0 Å². The van der Waals surface area contributed by atoms with Gasteiger partial charge in [0.2, 0.25) is 0 Å². The van der Waals surface area contributed by atoms with Gasteiger partial charge in [-0.1, -0.05) is 6.07 Å². The van der Waals surface area contributed by atoms with Crippen molar-refractivity contribution in [1.29, 1.82) is 0 Å². The minimum Gasteiger partial charge on any atom is -0.288 e. The monoisotopic (exact) mass is 176 g/mol. The molecule has 0 radical (unpaired) electrons. The molecule has 1 unspecified atom stereocenters. The van der Waals surface area contributed by atoms with E-state index in [0.717, 1.165) is 6.54 Å². The second-order valence-electron chi connectivity index (χ2n) is 3.99. The fraction of sp³-hybridized carbons (Fsp3) is 0.545. The molecule has 0 amide bonds. The lowest BCUT2D eigenvalue weighted by atomic mass is 10.2. The first-order chi connectivity index (χ1) is 6.20. The normalized spacial score (nSPS) is 22.3. The Morgan fingerprint density at radius 2 is 2.31 bits per heavy atom. The largest absolute Gasteiger partial charge is 0.288 e. The Bertz CT molecular complexity index is 307. The summed E-state index contributed by atoms with van der Waals surface area (Å²) in [5.74, 6) is 0. The van der Waals surface area contributed by atoms with Gasteiger partial charge in [0.1, 0.15) is 0 Å². The molecule has 1 aromatic heterocycles. The van der Waals surface area contributed by atoms with Crippen LogP contribution in [0.1, 0.15) is 38.1 Å². The first-order valence-electron chi connectivity index (χ1n) is 4.89. The Labute approximate surface area is 79.6 Å². The second kappa shape index (κ2) is 3.11. The van der Waals surface area contributed by atoms with E-state index in [1.54, 1.807) is 0 Å². The van der Waals surface area contributed by atoms with Crippen molar-refractivity contribution in [3.63, 3.8) is 0 Å². The summed E-state index contributed by atoms with van der Waals surface area (Å²) in [7, 11) is 0. The molecule has 0 N–H and O–H groups in total. The third-order valence-electron chi connectivity index (χ3n) is 2.84. The molecule has 0 aromatic carbocycles. The molecular weight excluding hydrogens is 160 g/mol. The highest BCUT2D eigenvalue weighted by molar-refractivity contribution is 5.27. The molecule has 2 rings (SSSR count). The van der Waals surface area contributed by atoms with Gasteiger partial charge < -0.3 is 0 Å². The van der Waals surface area contributed by atoms with E-state index in [1.807, 2.05) is 12.3 Å². The van der Waals surface area contributed by atoms with Crippen molar-refractivity contribution in [1.82, 2.24) is 9.88 Å². The Hall–Kier alpha value is -0.890. The maximum absolute atomic E-state index is 4.43. The maximum Gasteiger partial charge on any atom is 0.0617 e. The summed E-state index contributed by atoms with van der Waals surface area (Å²) in [4.78, 5) is 6.90. The molecule has 1 aliphatic rings. The highest BCUT2D eigenvalue weighted by Gasteiger charge is 2.28. The summed E-state index contributed by atoms with van der Waals surface area (Å²) in [6.07, 6.45) is 1.89. The van der Waals surface area contributed by atoms with Gasteiger partial charge in [-0.05, 0) is 32.4 Å². The molecule has 0 saturated heterocycles. The van der Waals surface area contributed by atoms with E-state index in [9.17, 15) is 0 Å². The molecule has 1 aliphatic heterocycles. The highest BCUT2D eigenvalue weighted by atomic mass is 15.2. The SMILES string of the molecule is CC(C)N1Cc2cccnc2C1C. The maximum atomic E-state index is 4.43. The van der Waals surface area contributed by atoms with Crippen molar-refractivity contribution in [3.8, 4) is 0 Å². The predicted octanol–water partition coefficient (Wildman–Crippen LogP) is 2.37. The van der Waals surface area contributed by atoms with Crippen LogP contribution in [-0.2, 0) is 6.54 Å². The Kier molecular flexibility index (Phi) is 2.08. The minimum absolute atomic E-state index is 0.483. The standard InChI is InChI=1S/C11H16N2/c1-8(2)13-7-10-5-4-6-12-11(10)9(13)3/h4-6,8-9H,7H2,1-3H3. The quantitative estimate of drug-likeness (QED) is 0.653. The van der Waals surface area contributed by atoms with Crippen molar-refractivity contribution in [2.75, 3.05) is 0 Å². The number of hydrogen-bond donors (Lipinski definition) is 0. The molecule has 13 heavy (non-hydrogen) atoms. The topological polar surface area (TPSA) is 16.1 Å². The summed E-state index contributed by atoms with van der Waals surface area (Å²) < 4.78 is 0. The van der Waals surface area contributed by atoms with Crippen LogP contribution in [0.2, 0.25) is 0 Å². The molecule has 0 saturated carbocycles. The summed E-state index contributed by atoms with van der Waals surface area (Å²) in [5.41, 5.74) is 2.65. The molecule has 1 aromatic rings. The van der Waals surface area contributed by atoms with Crippen LogP contribution in [0.4, 0.5) is 0 Å². The fourth-order valence-corrected chi connectivity index (χ4v) is 2.08. The van der Waals surface area contributed by atoms with Gasteiger partial charge in [0.25, 0.3) is 0 Å². The number of hydrogen-bond acceptors (Lipinski definition) is 2. The van der Waals surface area contributed by atoms with Gasteiger partial charge in [-0.25, -0.2) is 0 Å². The predicted molar refractivity (Wildman–Crippen MR) is 53.3 cm³/mol. The summed E-state index contributed by atoms with van der Waals surface area (Å²) in [6.45, 7) is 7.77. The lowest BCUT2D eigenvalue weighted by molar-refractivity contribution is 0.178. The zero-order valence-corrected chi connectivity index (χ0v) is 8.49. The van der Waals surface area contributed by atoms with Crippen LogP contribution in [0.15, 0.2) is 18.3 Å². The zero-order chi connectivity index (χ0) is 9.42. The van der Waals surface area contributed by atoms with E-state index >= 15 is 0 Å². The fourth-order valence-electron chi connectivity index (χ4n) is 2.08. The van der Waals surface area contributed by atoms with Crippen LogP contribution < -0.4 is 0 Å². The number of fused-ring (bicyclic) bond motifs is 1. The molecule has 0 fully saturated rings. The van der Waals surface area contributed by atoms with Gasteiger partial charge >= 0.3 is 0 Å². The first-order valence-corrected chi connectivity index (χ1v) is 4.89. The molecule has 0 spiro atoms. The van der Waals surface area contributed by atoms with E-state index in [1.165, 1.54) is 11.3 Å².